The lowest BCUT2D eigenvalue weighted by Gasteiger charge is -2.41. The fourth-order valence-corrected chi connectivity index (χ4v) is 2.91. The van der Waals surface area contributed by atoms with E-state index in [-0.39, 0.29) is 23.7 Å². The van der Waals surface area contributed by atoms with Gasteiger partial charge in [-0.05, 0) is 43.0 Å². The van der Waals surface area contributed by atoms with Crippen LogP contribution in [0.3, 0.4) is 0 Å². The number of hydrogen-bond donors (Lipinski definition) is 1. The lowest BCUT2D eigenvalue weighted by molar-refractivity contribution is -0.0780. The van der Waals surface area contributed by atoms with Crippen molar-refractivity contribution in [3.63, 3.8) is 0 Å². The number of rotatable bonds is 5. The summed E-state index contributed by atoms with van der Waals surface area (Å²) in [5.41, 5.74) is 0.856. The zero-order chi connectivity index (χ0) is 16.4. The molecule has 1 N–H and O–H groups in total. The van der Waals surface area contributed by atoms with Crippen LogP contribution in [-0.4, -0.2) is 7.11 Å². The van der Waals surface area contributed by atoms with Gasteiger partial charge >= 0.3 is 0 Å². The highest BCUT2D eigenvalue weighted by Gasteiger charge is 2.39. The summed E-state index contributed by atoms with van der Waals surface area (Å²) in [5.74, 6) is -2.27. The molecule has 0 aliphatic heterocycles. The Balaban J connectivity index is 1.75. The summed E-state index contributed by atoms with van der Waals surface area (Å²) in [6, 6.07) is 8.83. The van der Waals surface area contributed by atoms with Gasteiger partial charge in [0.2, 0.25) is 0 Å². The van der Waals surface area contributed by atoms with Crippen molar-refractivity contribution in [3.05, 3.63) is 65.0 Å². The number of ether oxygens (including phenoxy) is 1. The molecule has 3 rings (SSSR count). The van der Waals surface area contributed by atoms with E-state index in [1.54, 1.807) is 13.2 Å². The molecule has 2 aromatic rings. The molecule has 0 bridgehead atoms. The van der Waals surface area contributed by atoms with Crippen molar-refractivity contribution in [3.8, 4) is 0 Å². The van der Waals surface area contributed by atoms with Crippen LogP contribution in [0.4, 0.5) is 18.9 Å². The zero-order valence-corrected chi connectivity index (χ0v) is 12.8. The maximum Gasteiger partial charge on any atom is 0.181 e. The van der Waals surface area contributed by atoms with E-state index in [4.69, 9.17) is 4.74 Å². The van der Waals surface area contributed by atoms with Gasteiger partial charge in [-0.25, -0.2) is 13.2 Å². The molecule has 5 heteroatoms. The minimum absolute atomic E-state index is 0.0147. The first kappa shape index (κ1) is 15.9. The zero-order valence-electron chi connectivity index (χ0n) is 12.8. The van der Waals surface area contributed by atoms with Gasteiger partial charge in [0, 0.05) is 19.2 Å². The summed E-state index contributed by atoms with van der Waals surface area (Å²) in [4.78, 5) is 0. The Hall–Kier alpha value is -2.01. The molecule has 2 aromatic carbocycles. The average molecular weight is 321 g/mol. The number of benzene rings is 2. The molecule has 0 heterocycles. The molecule has 1 aliphatic rings. The van der Waals surface area contributed by atoms with E-state index in [2.05, 4.69) is 5.32 Å². The largest absolute Gasteiger partial charge is 0.378 e. The smallest absolute Gasteiger partial charge is 0.181 e. The Bertz CT molecular complexity index is 708. The van der Waals surface area contributed by atoms with Crippen LogP contribution in [0.2, 0.25) is 0 Å². The molecule has 0 atom stereocenters. The number of halogens is 3. The Labute approximate surface area is 133 Å². The van der Waals surface area contributed by atoms with Crippen LogP contribution in [0.5, 0.6) is 0 Å². The van der Waals surface area contributed by atoms with Crippen LogP contribution in [0, 0.1) is 17.5 Å². The molecule has 1 saturated carbocycles. The fraction of sp³-hybridized carbons (Fsp3) is 0.333. The van der Waals surface area contributed by atoms with Crippen molar-refractivity contribution < 1.29 is 17.9 Å². The van der Waals surface area contributed by atoms with Gasteiger partial charge in [-0.15, -0.1) is 0 Å². The van der Waals surface area contributed by atoms with Crippen molar-refractivity contribution in [2.45, 2.75) is 31.4 Å². The number of anilines is 1. The van der Waals surface area contributed by atoms with E-state index in [1.807, 2.05) is 6.07 Å². The molecule has 0 aromatic heterocycles. The Morgan fingerprint density at radius 3 is 2.48 bits per heavy atom. The number of nitrogens with one attached hydrogen (secondary N) is 1. The quantitative estimate of drug-likeness (QED) is 0.859. The minimum atomic E-state index is -0.961. The molecule has 2 nitrogen and oxygen atoms in total. The topological polar surface area (TPSA) is 21.3 Å². The third-order valence-corrected chi connectivity index (χ3v) is 4.55. The first-order chi connectivity index (χ1) is 11.1. The molecule has 1 aliphatic carbocycles. The van der Waals surface area contributed by atoms with E-state index in [0.717, 1.165) is 30.9 Å². The van der Waals surface area contributed by atoms with Gasteiger partial charge < -0.3 is 10.1 Å². The van der Waals surface area contributed by atoms with Gasteiger partial charge in [0.25, 0.3) is 0 Å². The van der Waals surface area contributed by atoms with Crippen LogP contribution in [0.1, 0.15) is 30.4 Å². The maximum atomic E-state index is 14.3. The second-order valence-corrected chi connectivity index (χ2v) is 5.81. The van der Waals surface area contributed by atoms with E-state index in [1.165, 1.54) is 18.2 Å². The minimum Gasteiger partial charge on any atom is -0.378 e. The Morgan fingerprint density at radius 1 is 1.09 bits per heavy atom. The summed E-state index contributed by atoms with van der Waals surface area (Å²) in [5, 5.41) is 2.72. The summed E-state index contributed by atoms with van der Waals surface area (Å²) in [7, 11) is 1.64. The summed E-state index contributed by atoms with van der Waals surface area (Å²) in [6.45, 7) is 0.0759. The highest BCUT2D eigenvalue weighted by Crippen LogP contribution is 2.44. The third-order valence-electron chi connectivity index (χ3n) is 4.55. The second kappa shape index (κ2) is 6.24. The molecule has 1 fully saturated rings. The van der Waals surface area contributed by atoms with E-state index < -0.39 is 11.6 Å². The Morgan fingerprint density at radius 2 is 1.87 bits per heavy atom. The van der Waals surface area contributed by atoms with Gasteiger partial charge in [0.15, 0.2) is 11.6 Å². The molecular formula is C18H18F3NO. The van der Waals surface area contributed by atoms with Crippen LogP contribution in [0.25, 0.3) is 0 Å². The standard InChI is InChI=1S/C18H18F3NO/c1-23-18(8-3-9-18)13-7-6-12(15(20)10-13)11-22-16-5-2-4-14(19)17(16)21/h2,4-7,10,22H,3,8-9,11H2,1H3. The molecule has 122 valence electrons. The molecule has 0 radical (unpaired) electrons. The molecule has 0 amide bonds. The predicted molar refractivity (Wildman–Crippen MR) is 82.6 cm³/mol. The van der Waals surface area contributed by atoms with Gasteiger partial charge in [0.1, 0.15) is 5.82 Å². The lowest BCUT2D eigenvalue weighted by Crippen LogP contribution is -2.36. The van der Waals surface area contributed by atoms with Crippen LogP contribution >= 0.6 is 0 Å². The normalized spacial score (nSPS) is 16.0. The highest BCUT2D eigenvalue weighted by atomic mass is 19.2. The fourth-order valence-electron chi connectivity index (χ4n) is 2.91. The van der Waals surface area contributed by atoms with Gasteiger partial charge in [-0.1, -0.05) is 18.2 Å². The van der Waals surface area contributed by atoms with Crippen LogP contribution in [0.15, 0.2) is 36.4 Å². The first-order valence-electron chi connectivity index (χ1n) is 7.58. The van der Waals surface area contributed by atoms with Crippen molar-refractivity contribution in [1.29, 1.82) is 0 Å². The average Bonchev–Trinajstić information content (AvgIpc) is 2.50. The molecule has 0 spiro atoms. The van der Waals surface area contributed by atoms with Crippen molar-refractivity contribution >= 4 is 5.69 Å². The van der Waals surface area contributed by atoms with E-state index >= 15 is 0 Å². The van der Waals surface area contributed by atoms with Crippen molar-refractivity contribution in [1.82, 2.24) is 0 Å². The molecular weight excluding hydrogens is 303 g/mol. The van der Waals surface area contributed by atoms with E-state index in [9.17, 15) is 13.2 Å². The SMILES string of the molecule is COC1(c2ccc(CNc3cccc(F)c3F)c(F)c2)CCC1. The molecule has 23 heavy (non-hydrogen) atoms. The number of methoxy groups -OCH3 is 1. The first-order valence-corrected chi connectivity index (χ1v) is 7.58. The predicted octanol–water partition coefficient (Wildman–Crippen LogP) is 4.74. The monoisotopic (exact) mass is 321 g/mol. The van der Waals surface area contributed by atoms with E-state index in [0.29, 0.717) is 5.56 Å². The summed E-state index contributed by atoms with van der Waals surface area (Å²) >= 11 is 0. The van der Waals surface area contributed by atoms with Gasteiger partial charge in [-0.2, -0.15) is 0 Å². The second-order valence-electron chi connectivity index (χ2n) is 5.81. The van der Waals surface area contributed by atoms with Gasteiger partial charge in [0.05, 0.1) is 11.3 Å². The lowest BCUT2D eigenvalue weighted by atomic mass is 9.74. The maximum absolute atomic E-state index is 14.3. The van der Waals surface area contributed by atoms with Crippen LogP contribution < -0.4 is 5.32 Å². The molecule has 0 unspecified atom stereocenters. The summed E-state index contributed by atoms with van der Waals surface area (Å²) in [6.07, 6.45) is 2.84. The van der Waals surface area contributed by atoms with Crippen molar-refractivity contribution in [2.24, 2.45) is 0 Å². The summed E-state index contributed by atoms with van der Waals surface area (Å²) < 4.78 is 46.6. The van der Waals surface area contributed by atoms with Crippen molar-refractivity contribution in [2.75, 3.05) is 12.4 Å². The van der Waals surface area contributed by atoms with Gasteiger partial charge in [-0.3, -0.25) is 0 Å². The number of hydrogen-bond acceptors (Lipinski definition) is 2. The third kappa shape index (κ3) is 2.93. The molecule has 0 saturated heterocycles. The highest BCUT2D eigenvalue weighted by molar-refractivity contribution is 5.45. The van der Waals surface area contributed by atoms with Crippen LogP contribution in [-0.2, 0) is 16.9 Å². The Kier molecular flexibility index (Phi) is 4.31.